The van der Waals surface area contributed by atoms with Crippen molar-refractivity contribution in [2.45, 2.75) is 6.92 Å². The van der Waals surface area contributed by atoms with Crippen LogP contribution < -0.4 is 16.0 Å². The smallest absolute Gasteiger partial charge is 0.271 e. The summed E-state index contributed by atoms with van der Waals surface area (Å²) in [7, 11) is 0. The van der Waals surface area contributed by atoms with E-state index in [2.05, 4.69) is 4.98 Å². The fraction of sp³-hybridized carbons (Fsp3) is 0.286. The molecule has 1 rings (SSSR count). The van der Waals surface area contributed by atoms with Crippen LogP contribution in [0.15, 0.2) is 4.79 Å². The summed E-state index contributed by atoms with van der Waals surface area (Å²) in [5, 5.41) is 0.0138. The Kier molecular flexibility index (Phi) is 3.06. The number of anilines is 1. The van der Waals surface area contributed by atoms with Gasteiger partial charge in [-0.05, 0) is 6.92 Å². The minimum Gasteiger partial charge on any atom is -0.478 e. The maximum absolute atomic E-state index is 11.1. The summed E-state index contributed by atoms with van der Waals surface area (Å²) in [4.78, 5) is 13.4. The Bertz CT molecular complexity index is 375. The first-order chi connectivity index (χ1) is 6.07. The summed E-state index contributed by atoms with van der Waals surface area (Å²) < 4.78 is 5.03. The average Bonchev–Trinajstić information content (AvgIpc) is 2.11. The van der Waals surface area contributed by atoms with Crippen molar-refractivity contribution in [1.82, 2.24) is 4.98 Å². The number of H-pyrrole nitrogens is 1. The fourth-order valence-electron chi connectivity index (χ4n) is 0.798. The van der Waals surface area contributed by atoms with Crippen LogP contribution in [0.5, 0.6) is 5.88 Å². The van der Waals surface area contributed by atoms with E-state index in [1.807, 2.05) is 0 Å². The molecule has 0 radical (unpaired) electrons. The molecule has 0 unspecified atom stereocenters. The number of nitrogens with one attached hydrogen (secondary N) is 1. The molecule has 0 amide bonds. The summed E-state index contributed by atoms with van der Waals surface area (Å²) in [5.41, 5.74) is 4.98. The number of nitrogens with two attached hydrogens (primary N) is 1. The van der Waals surface area contributed by atoms with Gasteiger partial charge in [-0.1, -0.05) is 23.2 Å². The molecule has 0 saturated carbocycles. The lowest BCUT2D eigenvalue weighted by Crippen LogP contribution is -2.12. The third-order valence-corrected chi connectivity index (χ3v) is 2.14. The van der Waals surface area contributed by atoms with E-state index in [9.17, 15) is 4.79 Å². The van der Waals surface area contributed by atoms with Crippen molar-refractivity contribution in [2.24, 2.45) is 0 Å². The number of nitrogen functional groups attached to an aromatic ring is 1. The third kappa shape index (κ3) is 1.89. The molecule has 0 aliphatic rings. The highest BCUT2D eigenvalue weighted by Gasteiger charge is 2.12. The van der Waals surface area contributed by atoms with Crippen LogP contribution in [0.3, 0.4) is 0 Å². The second-order valence-corrected chi connectivity index (χ2v) is 3.01. The standard InChI is InChI=1S/C7H8Cl2N2O2/c1-2-13-7-4(9)5(10)3(8)6(12)11-7/h2H2,1H3,(H3,10,11,12). The van der Waals surface area contributed by atoms with E-state index in [1.54, 1.807) is 6.92 Å². The maximum atomic E-state index is 11.1. The molecule has 4 nitrogen and oxygen atoms in total. The van der Waals surface area contributed by atoms with Crippen molar-refractivity contribution in [2.75, 3.05) is 12.3 Å². The van der Waals surface area contributed by atoms with Gasteiger partial charge in [0.25, 0.3) is 5.56 Å². The zero-order chi connectivity index (χ0) is 10.0. The molecule has 0 spiro atoms. The Labute approximate surface area is 84.6 Å². The molecule has 0 saturated heterocycles. The Morgan fingerprint density at radius 1 is 1.46 bits per heavy atom. The number of ether oxygens (including phenoxy) is 1. The Morgan fingerprint density at radius 2 is 2.08 bits per heavy atom. The normalized spacial score (nSPS) is 10.1. The van der Waals surface area contributed by atoms with Crippen LogP contribution in [0.1, 0.15) is 6.92 Å². The topological polar surface area (TPSA) is 68.1 Å². The number of aromatic amines is 1. The molecule has 1 aromatic rings. The second-order valence-electron chi connectivity index (χ2n) is 2.26. The summed E-state index contributed by atoms with van der Waals surface area (Å²) in [6, 6.07) is 0. The lowest BCUT2D eigenvalue weighted by Gasteiger charge is -2.07. The zero-order valence-electron chi connectivity index (χ0n) is 6.86. The molecule has 0 aliphatic heterocycles. The van der Waals surface area contributed by atoms with E-state index in [-0.39, 0.29) is 21.6 Å². The predicted octanol–water partition coefficient (Wildman–Crippen LogP) is 1.66. The van der Waals surface area contributed by atoms with Gasteiger partial charge in [0.2, 0.25) is 5.88 Å². The molecule has 0 aliphatic carbocycles. The first-order valence-corrected chi connectivity index (χ1v) is 4.33. The number of rotatable bonds is 2. The summed E-state index contributed by atoms with van der Waals surface area (Å²) >= 11 is 11.3. The molecule has 3 N–H and O–H groups in total. The van der Waals surface area contributed by atoms with Gasteiger partial charge in [-0.25, -0.2) is 0 Å². The van der Waals surface area contributed by atoms with Crippen molar-refractivity contribution in [3.63, 3.8) is 0 Å². The number of halogens is 2. The highest BCUT2D eigenvalue weighted by atomic mass is 35.5. The third-order valence-electron chi connectivity index (χ3n) is 1.39. The maximum Gasteiger partial charge on any atom is 0.271 e. The van der Waals surface area contributed by atoms with Crippen molar-refractivity contribution < 1.29 is 4.74 Å². The molecule has 72 valence electrons. The fourth-order valence-corrected chi connectivity index (χ4v) is 1.18. The molecule has 13 heavy (non-hydrogen) atoms. The first-order valence-electron chi connectivity index (χ1n) is 3.57. The largest absolute Gasteiger partial charge is 0.478 e. The van der Waals surface area contributed by atoms with E-state index in [4.69, 9.17) is 33.7 Å². The van der Waals surface area contributed by atoms with E-state index < -0.39 is 5.56 Å². The van der Waals surface area contributed by atoms with Crippen LogP contribution in [0.25, 0.3) is 0 Å². The van der Waals surface area contributed by atoms with Crippen LogP contribution in [0.2, 0.25) is 10.0 Å². The molecule has 0 fully saturated rings. The van der Waals surface area contributed by atoms with Gasteiger partial charge in [-0.15, -0.1) is 0 Å². The zero-order valence-corrected chi connectivity index (χ0v) is 8.37. The number of hydrogen-bond donors (Lipinski definition) is 2. The molecule has 0 aromatic carbocycles. The van der Waals surface area contributed by atoms with Gasteiger partial charge in [-0.3, -0.25) is 9.78 Å². The minimum atomic E-state index is -0.507. The van der Waals surface area contributed by atoms with Gasteiger partial charge in [0, 0.05) is 0 Å². The highest BCUT2D eigenvalue weighted by molar-refractivity contribution is 6.39. The van der Waals surface area contributed by atoms with Gasteiger partial charge >= 0.3 is 0 Å². The molecule has 1 heterocycles. The Balaban J connectivity index is 3.32. The molecular weight excluding hydrogens is 215 g/mol. The van der Waals surface area contributed by atoms with Gasteiger partial charge in [0.05, 0.1) is 12.3 Å². The molecule has 0 bridgehead atoms. The SMILES string of the molecule is CCOc1[nH]c(=O)c(Cl)c(N)c1Cl. The lowest BCUT2D eigenvalue weighted by atomic mass is 10.4. The Hall–Kier alpha value is -0.870. The van der Waals surface area contributed by atoms with Crippen LogP contribution in [0.4, 0.5) is 5.69 Å². The van der Waals surface area contributed by atoms with Gasteiger partial charge in [0.1, 0.15) is 10.0 Å². The molecular formula is C7H8Cl2N2O2. The number of aromatic nitrogens is 1. The van der Waals surface area contributed by atoms with Gasteiger partial charge in [-0.2, -0.15) is 0 Å². The lowest BCUT2D eigenvalue weighted by molar-refractivity contribution is 0.326. The summed E-state index contributed by atoms with van der Waals surface area (Å²) in [5.74, 6) is 0.149. The molecule has 6 heteroatoms. The van der Waals surface area contributed by atoms with Crippen molar-refractivity contribution >= 4 is 28.9 Å². The predicted molar refractivity (Wildman–Crippen MR) is 52.7 cm³/mol. The van der Waals surface area contributed by atoms with Gasteiger partial charge in [0.15, 0.2) is 0 Å². The van der Waals surface area contributed by atoms with E-state index in [1.165, 1.54) is 0 Å². The number of hydrogen-bond acceptors (Lipinski definition) is 3. The van der Waals surface area contributed by atoms with Crippen molar-refractivity contribution in [1.29, 1.82) is 0 Å². The summed E-state index contributed by atoms with van der Waals surface area (Å²) in [6.45, 7) is 2.15. The second kappa shape index (κ2) is 3.89. The van der Waals surface area contributed by atoms with Crippen LogP contribution >= 0.6 is 23.2 Å². The minimum absolute atomic E-state index is 0.0375. The number of pyridine rings is 1. The molecule has 1 aromatic heterocycles. The van der Waals surface area contributed by atoms with E-state index >= 15 is 0 Å². The van der Waals surface area contributed by atoms with Crippen LogP contribution in [-0.4, -0.2) is 11.6 Å². The molecule has 0 atom stereocenters. The van der Waals surface area contributed by atoms with E-state index in [0.717, 1.165) is 0 Å². The average molecular weight is 223 g/mol. The quantitative estimate of drug-likeness (QED) is 0.800. The first kappa shape index (κ1) is 10.2. The Morgan fingerprint density at radius 3 is 2.62 bits per heavy atom. The van der Waals surface area contributed by atoms with Gasteiger partial charge < -0.3 is 10.5 Å². The highest BCUT2D eigenvalue weighted by Crippen LogP contribution is 2.30. The summed E-state index contributed by atoms with van der Waals surface area (Å²) in [6.07, 6.45) is 0. The van der Waals surface area contributed by atoms with Crippen LogP contribution in [0, 0.1) is 0 Å². The van der Waals surface area contributed by atoms with Crippen LogP contribution in [-0.2, 0) is 0 Å². The monoisotopic (exact) mass is 222 g/mol. The van der Waals surface area contributed by atoms with E-state index in [0.29, 0.717) is 6.61 Å². The van der Waals surface area contributed by atoms with Crippen molar-refractivity contribution in [3.8, 4) is 5.88 Å². The van der Waals surface area contributed by atoms with Crippen molar-refractivity contribution in [3.05, 3.63) is 20.4 Å².